The molecule has 0 aromatic rings. The second kappa shape index (κ2) is 7.46. The van der Waals surface area contributed by atoms with Gasteiger partial charge in [0.25, 0.3) is 0 Å². The van der Waals surface area contributed by atoms with E-state index in [0.29, 0.717) is 26.2 Å². The first-order valence-corrected chi connectivity index (χ1v) is 13.5. The molecule has 2 aliphatic carbocycles. The number of hydrogen-bond acceptors (Lipinski definition) is 12. The third-order valence-electron chi connectivity index (χ3n) is 10.8. The normalized spacial score (nSPS) is 52.9. The van der Waals surface area contributed by atoms with Crippen LogP contribution in [0.2, 0.25) is 0 Å². The molecule has 5 heterocycles. The molecule has 0 aromatic carbocycles. The molecule has 0 aromatic heterocycles. The van der Waals surface area contributed by atoms with Crippen molar-refractivity contribution in [1.82, 2.24) is 4.90 Å². The molecule has 2 spiro atoms. The number of fused-ring (bicyclic) bond motifs is 1. The van der Waals surface area contributed by atoms with Gasteiger partial charge in [-0.05, 0) is 24.7 Å². The van der Waals surface area contributed by atoms with E-state index in [4.69, 9.17) is 28.4 Å². The summed E-state index contributed by atoms with van der Waals surface area (Å²) in [6.45, 7) is 11.0. The minimum atomic E-state index is -2.22. The molecule has 5 unspecified atom stereocenters. The van der Waals surface area contributed by atoms with Crippen molar-refractivity contribution in [2.45, 2.75) is 76.0 Å². The van der Waals surface area contributed by atoms with Gasteiger partial charge in [0.2, 0.25) is 11.9 Å². The van der Waals surface area contributed by atoms with Crippen molar-refractivity contribution in [3.05, 3.63) is 0 Å². The summed E-state index contributed by atoms with van der Waals surface area (Å²) in [4.78, 5) is 42.1. The Morgan fingerprint density at radius 3 is 2.47 bits per heavy atom. The van der Waals surface area contributed by atoms with Gasteiger partial charge in [-0.1, -0.05) is 20.8 Å². The molecule has 2 N–H and O–H groups in total. The number of nitrogens with zero attached hydrogens (tertiary/aromatic N) is 1. The highest BCUT2D eigenvalue weighted by Crippen LogP contribution is 2.84. The molecule has 5 aliphatic heterocycles. The zero-order valence-electron chi connectivity index (χ0n) is 22.0. The predicted molar refractivity (Wildman–Crippen MR) is 123 cm³/mol. The fourth-order valence-corrected chi connectivity index (χ4v) is 9.42. The highest BCUT2D eigenvalue weighted by atomic mass is 16.8. The zero-order valence-corrected chi connectivity index (χ0v) is 22.0. The van der Waals surface area contributed by atoms with Crippen LogP contribution in [0.5, 0.6) is 0 Å². The monoisotopic (exact) mass is 537 g/mol. The van der Waals surface area contributed by atoms with E-state index in [1.54, 1.807) is 0 Å². The fraction of sp³-hybridized carbons (Fsp3) is 0.885. The van der Waals surface area contributed by atoms with Gasteiger partial charge in [0, 0.05) is 19.6 Å². The number of carbonyl (C=O) groups excluding carboxylic acids is 3. The smallest absolute Gasteiger partial charge is 0.343 e. The highest BCUT2D eigenvalue weighted by Gasteiger charge is 3.04. The maximum Gasteiger partial charge on any atom is 0.343 e. The minimum Gasteiger partial charge on any atom is -0.459 e. The molecule has 7 rings (SSSR count). The number of morpholine rings is 1. The Hall–Kier alpha value is -1.83. The summed E-state index contributed by atoms with van der Waals surface area (Å²) >= 11 is 0. The number of hydrogen-bond donors (Lipinski definition) is 2. The maximum atomic E-state index is 13.8. The molecule has 210 valence electrons. The Labute approximate surface area is 219 Å². The van der Waals surface area contributed by atoms with Gasteiger partial charge in [-0.2, -0.15) is 0 Å². The lowest BCUT2D eigenvalue weighted by molar-refractivity contribution is -0.240. The van der Waals surface area contributed by atoms with Crippen LogP contribution in [0.4, 0.5) is 0 Å². The number of rotatable bonds is 4. The van der Waals surface area contributed by atoms with Crippen LogP contribution in [-0.2, 0) is 42.8 Å². The molecule has 0 radical (unpaired) electrons. The summed E-state index contributed by atoms with van der Waals surface area (Å²) in [7, 11) is 0. The van der Waals surface area contributed by atoms with Gasteiger partial charge >= 0.3 is 17.9 Å². The quantitative estimate of drug-likeness (QED) is 0.334. The van der Waals surface area contributed by atoms with Crippen LogP contribution in [0.3, 0.4) is 0 Å². The summed E-state index contributed by atoms with van der Waals surface area (Å²) in [6, 6.07) is 0. The van der Waals surface area contributed by atoms with Crippen LogP contribution in [-0.4, -0.2) is 114 Å². The van der Waals surface area contributed by atoms with Crippen LogP contribution < -0.4 is 0 Å². The molecule has 7 fully saturated rings. The molecule has 7 aliphatic rings. The van der Waals surface area contributed by atoms with Gasteiger partial charge in [-0.15, -0.1) is 0 Å². The van der Waals surface area contributed by atoms with E-state index in [1.165, 1.54) is 6.92 Å². The number of aliphatic hydroxyl groups is 2. The second-order valence-electron chi connectivity index (χ2n) is 13.0. The highest BCUT2D eigenvalue weighted by molar-refractivity contribution is 5.94. The van der Waals surface area contributed by atoms with E-state index in [2.05, 4.69) is 4.90 Å². The average Bonchev–Trinajstić information content (AvgIpc) is 3.58. The van der Waals surface area contributed by atoms with Gasteiger partial charge in [0.05, 0.1) is 36.6 Å². The van der Waals surface area contributed by atoms with Crippen molar-refractivity contribution in [1.29, 1.82) is 0 Å². The molecule has 38 heavy (non-hydrogen) atoms. The number of ether oxygens (including phenoxy) is 6. The molecule has 12 nitrogen and oxygen atoms in total. The first-order chi connectivity index (χ1) is 17.9. The lowest BCUT2D eigenvalue weighted by atomic mass is 9.51. The first-order valence-electron chi connectivity index (χ1n) is 13.5. The Bertz CT molecular complexity index is 1100. The number of esters is 3. The van der Waals surface area contributed by atoms with Crippen molar-refractivity contribution in [2.24, 2.45) is 28.1 Å². The van der Waals surface area contributed by atoms with Crippen LogP contribution in [0.25, 0.3) is 0 Å². The van der Waals surface area contributed by atoms with E-state index < -0.39 is 82.0 Å². The zero-order chi connectivity index (χ0) is 27.0. The molecule has 0 bridgehead atoms. The third-order valence-corrected chi connectivity index (χ3v) is 10.8. The number of carbonyl (C=O) groups is 3. The topological polar surface area (TPSA) is 150 Å². The Morgan fingerprint density at radius 1 is 1.08 bits per heavy atom. The van der Waals surface area contributed by atoms with Gasteiger partial charge in [-0.25, -0.2) is 9.59 Å². The van der Waals surface area contributed by atoms with Crippen molar-refractivity contribution in [3.8, 4) is 0 Å². The van der Waals surface area contributed by atoms with Gasteiger partial charge < -0.3 is 38.6 Å². The molecule has 2 saturated carbocycles. The largest absolute Gasteiger partial charge is 0.459 e. The van der Waals surface area contributed by atoms with Gasteiger partial charge in [0.1, 0.15) is 12.2 Å². The van der Waals surface area contributed by atoms with Crippen molar-refractivity contribution < 1.29 is 53.0 Å². The van der Waals surface area contributed by atoms with Crippen molar-refractivity contribution in [3.63, 3.8) is 0 Å². The summed E-state index contributed by atoms with van der Waals surface area (Å²) in [6.07, 6.45) is -6.06. The third kappa shape index (κ3) is 2.36. The molecule has 12 heteroatoms. The molecule has 11 atom stereocenters. The van der Waals surface area contributed by atoms with Crippen molar-refractivity contribution >= 4 is 17.9 Å². The van der Waals surface area contributed by atoms with Gasteiger partial charge in [-0.3, -0.25) is 9.69 Å². The Balaban J connectivity index is 1.38. The number of aliphatic hydroxyl groups excluding tert-OH is 1. The summed E-state index contributed by atoms with van der Waals surface area (Å²) in [5, 5.41) is 24.3. The van der Waals surface area contributed by atoms with Crippen LogP contribution in [0.15, 0.2) is 0 Å². The summed E-state index contributed by atoms with van der Waals surface area (Å²) < 4.78 is 35.5. The molecule has 0 amide bonds. The van der Waals surface area contributed by atoms with Crippen molar-refractivity contribution in [2.75, 3.05) is 39.5 Å². The Kier molecular flexibility index (Phi) is 4.94. The predicted octanol–water partition coefficient (Wildman–Crippen LogP) is -1.01. The lowest BCUT2D eigenvalue weighted by Crippen LogP contribution is -2.67. The molecule has 5 saturated heterocycles. The molecular formula is C26H35NO11. The summed E-state index contributed by atoms with van der Waals surface area (Å²) in [5.41, 5.74) is -7.87. The maximum absolute atomic E-state index is 13.8. The second-order valence-corrected chi connectivity index (χ2v) is 13.0. The van der Waals surface area contributed by atoms with E-state index in [9.17, 15) is 24.6 Å². The van der Waals surface area contributed by atoms with E-state index in [-0.39, 0.29) is 12.5 Å². The SMILES string of the molecule is CC1C(=O)OC2[C@H](O)C34C5C[C@@H](C(C)(C)C)C36[C@@H](OC(=O)[C@@H]6OCCN3CCOCC3)O[C@@]4(C(=O)O5)[C@@]12O. The minimum absolute atomic E-state index is 0.197. The van der Waals surface area contributed by atoms with E-state index in [0.717, 1.165) is 13.1 Å². The summed E-state index contributed by atoms with van der Waals surface area (Å²) in [5.74, 6) is -3.82. The first kappa shape index (κ1) is 25.2. The van der Waals surface area contributed by atoms with Gasteiger partial charge in [0.15, 0.2) is 17.8 Å². The lowest BCUT2D eigenvalue weighted by Gasteiger charge is -2.48. The Morgan fingerprint density at radius 2 is 1.79 bits per heavy atom. The average molecular weight is 538 g/mol. The van der Waals surface area contributed by atoms with Crippen LogP contribution in [0, 0.1) is 28.1 Å². The van der Waals surface area contributed by atoms with Crippen LogP contribution in [0.1, 0.15) is 34.1 Å². The van der Waals surface area contributed by atoms with E-state index >= 15 is 0 Å². The fourth-order valence-electron chi connectivity index (χ4n) is 9.42. The molecular weight excluding hydrogens is 502 g/mol. The van der Waals surface area contributed by atoms with Crippen LogP contribution >= 0.6 is 0 Å². The standard InChI is InChI=1S/C26H35NO11/c1-12-18(29)36-16-15(28)24-14-11-13(22(2,3)4)23(24)17(34-10-7-27-5-8-33-9-6-27)19(30)37-21(23)38-26(24,20(31)35-14)25(12,16)32/h12-17,21,28,32H,5-11H2,1-4H3/t12?,13-,14?,15-,16?,17-,21-,23?,24?,25+,26+/m0/s1. The van der Waals surface area contributed by atoms with E-state index in [1.807, 2.05) is 20.8 Å².